The van der Waals surface area contributed by atoms with Gasteiger partial charge in [-0.05, 0) is 42.0 Å². The molecule has 0 amide bonds. The second kappa shape index (κ2) is 5.41. The van der Waals surface area contributed by atoms with Crippen LogP contribution in [-0.4, -0.2) is 13.0 Å². The van der Waals surface area contributed by atoms with E-state index in [9.17, 15) is 0 Å². The van der Waals surface area contributed by atoms with Gasteiger partial charge in [0.2, 0.25) is 0 Å². The molecule has 84 valence electrons. The maximum Gasteiger partial charge on any atom is 0.122 e. The Bertz CT molecular complexity index is 332. The summed E-state index contributed by atoms with van der Waals surface area (Å²) in [5, 5.41) is 0. The molecule has 0 aromatic heterocycles. The fourth-order valence-electron chi connectivity index (χ4n) is 1.74. The summed E-state index contributed by atoms with van der Waals surface area (Å²) in [4.78, 5) is 0. The molecule has 2 heteroatoms. The van der Waals surface area contributed by atoms with Crippen LogP contribution < -0.4 is 4.74 Å². The minimum atomic E-state index is 0.481. The van der Waals surface area contributed by atoms with E-state index in [0.717, 1.165) is 12.2 Å². The minimum absolute atomic E-state index is 0.481. The summed E-state index contributed by atoms with van der Waals surface area (Å²) in [6.45, 7) is 6.46. The molecular formula is C13H19ClO. The van der Waals surface area contributed by atoms with Gasteiger partial charge in [-0.2, -0.15) is 0 Å². The summed E-state index contributed by atoms with van der Waals surface area (Å²) in [6.07, 6.45) is 0.928. The van der Waals surface area contributed by atoms with Crippen LogP contribution in [0.5, 0.6) is 5.75 Å². The fourth-order valence-corrected chi connectivity index (χ4v) is 1.95. The summed E-state index contributed by atoms with van der Waals surface area (Å²) in [7, 11) is 1.72. The van der Waals surface area contributed by atoms with Gasteiger partial charge in [-0.3, -0.25) is 0 Å². The van der Waals surface area contributed by atoms with Gasteiger partial charge in [0.1, 0.15) is 5.75 Å². The van der Waals surface area contributed by atoms with Crippen molar-refractivity contribution >= 4 is 11.6 Å². The van der Waals surface area contributed by atoms with Gasteiger partial charge in [0.25, 0.3) is 0 Å². The van der Waals surface area contributed by atoms with Crippen LogP contribution in [0.1, 0.15) is 36.5 Å². The van der Waals surface area contributed by atoms with Crippen molar-refractivity contribution in [3.8, 4) is 5.75 Å². The molecular weight excluding hydrogens is 208 g/mol. The molecule has 15 heavy (non-hydrogen) atoms. The monoisotopic (exact) mass is 226 g/mol. The topological polar surface area (TPSA) is 9.23 Å². The first-order valence-corrected chi connectivity index (χ1v) is 5.87. The zero-order valence-corrected chi connectivity index (χ0v) is 10.7. The fraction of sp³-hybridized carbons (Fsp3) is 0.538. The molecule has 0 aliphatic heterocycles. The molecule has 0 atom stereocenters. The van der Waals surface area contributed by atoms with Crippen LogP contribution in [0.4, 0.5) is 0 Å². The lowest BCUT2D eigenvalue weighted by Crippen LogP contribution is -1.99. The maximum absolute atomic E-state index is 5.78. The molecule has 0 spiro atoms. The number of benzene rings is 1. The first-order valence-electron chi connectivity index (χ1n) is 5.33. The van der Waals surface area contributed by atoms with Crippen LogP contribution >= 0.6 is 11.6 Å². The molecule has 0 heterocycles. The van der Waals surface area contributed by atoms with Crippen LogP contribution in [0, 0.1) is 6.92 Å². The van der Waals surface area contributed by atoms with Gasteiger partial charge in [0, 0.05) is 5.88 Å². The summed E-state index contributed by atoms with van der Waals surface area (Å²) in [6, 6.07) is 4.33. The lowest BCUT2D eigenvalue weighted by atomic mass is 9.95. The zero-order chi connectivity index (χ0) is 11.4. The van der Waals surface area contributed by atoms with Crippen molar-refractivity contribution < 1.29 is 4.74 Å². The second-order valence-corrected chi connectivity index (χ2v) is 4.49. The molecule has 1 nitrogen and oxygen atoms in total. The Balaban J connectivity index is 3.17. The number of ether oxygens (including phenoxy) is 1. The van der Waals surface area contributed by atoms with Crippen LogP contribution in [0.25, 0.3) is 0 Å². The van der Waals surface area contributed by atoms with Gasteiger partial charge < -0.3 is 4.74 Å². The molecule has 1 rings (SSSR count). The number of hydrogen-bond donors (Lipinski definition) is 0. The SMILES string of the molecule is COc1cc(C)c(CCCl)cc1C(C)C. The predicted molar refractivity (Wildman–Crippen MR) is 66.2 cm³/mol. The first-order chi connectivity index (χ1) is 7.10. The maximum atomic E-state index is 5.78. The van der Waals surface area contributed by atoms with Gasteiger partial charge in [0.05, 0.1) is 7.11 Å². The zero-order valence-electron chi connectivity index (χ0n) is 9.93. The van der Waals surface area contributed by atoms with Crippen molar-refractivity contribution in [2.75, 3.05) is 13.0 Å². The summed E-state index contributed by atoms with van der Waals surface area (Å²) < 4.78 is 5.39. The van der Waals surface area contributed by atoms with Crippen LogP contribution in [-0.2, 0) is 6.42 Å². The van der Waals surface area contributed by atoms with E-state index in [0.29, 0.717) is 11.8 Å². The van der Waals surface area contributed by atoms with Crippen LogP contribution in [0.2, 0.25) is 0 Å². The minimum Gasteiger partial charge on any atom is -0.496 e. The van der Waals surface area contributed by atoms with Crippen molar-refractivity contribution in [3.05, 3.63) is 28.8 Å². The first kappa shape index (κ1) is 12.4. The summed E-state index contributed by atoms with van der Waals surface area (Å²) in [5.74, 6) is 2.14. The van der Waals surface area contributed by atoms with Gasteiger partial charge in [-0.1, -0.05) is 19.9 Å². The highest BCUT2D eigenvalue weighted by molar-refractivity contribution is 6.18. The predicted octanol–water partition coefficient (Wildman–Crippen LogP) is 3.91. The lowest BCUT2D eigenvalue weighted by molar-refractivity contribution is 0.407. The van der Waals surface area contributed by atoms with E-state index in [1.165, 1.54) is 16.7 Å². The summed E-state index contributed by atoms with van der Waals surface area (Å²) in [5.41, 5.74) is 3.86. The number of alkyl halides is 1. The van der Waals surface area contributed by atoms with Gasteiger partial charge >= 0.3 is 0 Å². The van der Waals surface area contributed by atoms with Gasteiger partial charge in [0.15, 0.2) is 0 Å². The van der Waals surface area contributed by atoms with E-state index >= 15 is 0 Å². The van der Waals surface area contributed by atoms with E-state index in [-0.39, 0.29) is 0 Å². The number of aryl methyl sites for hydroxylation is 2. The average molecular weight is 227 g/mol. The van der Waals surface area contributed by atoms with Gasteiger partial charge in [-0.15, -0.1) is 11.6 Å². The quantitative estimate of drug-likeness (QED) is 0.708. The van der Waals surface area contributed by atoms with Crippen LogP contribution in [0.15, 0.2) is 12.1 Å². The lowest BCUT2D eigenvalue weighted by Gasteiger charge is -2.15. The third-order valence-corrected chi connectivity index (χ3v) is 2.86. The Morgan fingerprint density at radius 1 is 1.33 bits per heavy atom. The van der Waals surface area contributed by atoms with Crippen LogP contribution in [0.3, 0.4) is 0 Å². The molecule has 0 bridgehead atoms. The number of halogens is 1. The number of hydrogen-bond acceptors (Lipinski definition) is 1. The number of methoxy groups -OCH3 is 1. The van der Waals surface area contributed by atoms with Crippen molar-refractivity contribution in [3.63, 3.8) is 0 Å². The largest absolute Gasteiger partial charge is 0.496 e. The molecule has 0 N–H and O–H groups in total. The smallest absolute Gasteiger partial charge is 0.122 e. The molecule has 1 aromatic rings. The molecule has 0 fully saturated rings. The molecule has 0 radical (unpaired) electrons. The Labute approximate surface area is 97.4 Å². The number of rotatable bonds is 4. The Morgan fingerprint density at radius 3 is 2.47 bits per heavy atom. The third-order valence-electron chi connectivity index (χ3n) is 2.67. The molecule has 1 aromatic carbocycles. The second-order valence-electron chi connectivity index (χ2n) is 4.11. The van der Waals surface area contributed by atoms with Crippen molar-refractivity contribution in [2.24, 2.45) is 0 Å². The Kier molecular flexibility index (Phi) is 4.46. The standard InChI is InChI=1S/C13H19ClO/c1-9(2)12-8-11(5-6-14)10(3)7-13(12)15-4/h7-9H,5-6H2,1-4H3. The molecule has 0 unspecified atom stereocenters. The molecule has 0 saturated heterocycles. The van der Waals surface area contributed by atoms with Crippen molar-refractivity contribution in [1.29, 1.82) is 0 Å². The normalized spacial score (nSPS) is 10.8. The Morgan fingerprint density at radius 2 is 2.00 bits per heavy atom. The highest BCUT2D eigenvalue weighted by atomic mass is 35.5. The van der Waals surface area contributed by atoms with E-state index in [4.69, 9.17) is 16.3 Å². The highest BCUT2D eigenvalue weighted by Crippen LogP contribution is 2.29. The molecule has 0 saturated carbocycles. The van der Waals surface area contributed by atoms with Gasteiger partial charge in [-0.25, -0.2) is 0 Å². The average Bonchev–Trinajstić information content (AvgIpc) is 2.20. The highest BCUT2D eigenvalue weighted by Gasteiger charge is 2.10. The third kappa shape index (κ3) is 2.88. The van der Waals surface area contributed by atoms with Crippen molar-refractivity contribution in [2.45, 2.75) is 33.1 Å². The summed E-state index contributed by atoms with van der Waals surface area (Å²) >= 11 is 5.78. The van der Waals surface area contributed by atoms with Crippen molar-refractivity contribution in [1.82, 2.24) is 0 Å². The Hall–Kier alpha value is -0.690. The van der Waals surface area contributed by atoms with E-state index in [2.05, 4.69) is 32.9 Å². The van der Waals surface area contributed by atoms with E-state index in [1.807, 2.05) is 0 Å². The van der Waals surface area contributed by atoms with E-state index < -0.39 is 0 Å². The molecule has 0 aliphatic carbocycles. The molecule has 0 aliphatic rings. The van der Waals surface area contributed by atoms with E-state index in [1.54, 1.807) is 7.11 Å².